The van der Waals surface area contributed by atoms with Crippen molar-refractivity contribution in [3.05, 3.63) is 65.6 Å². The third-order valence-electron chi connectivity index (χ3n) is 4.93. The van der Waals surface area contributed by atoms with Gasteiger partial charge in [-0.2, -0.15) is 0 Å². The molecule has 0 saturated carbocycles. The van der Waals surface area contributed by atoms with Crippen molar-refractivity contribution >= 4 is 17.9 Å². The van der Waals surface area contributed by atoms with E-state index in [-0.39, 0.29) is 11.8 Å². The van der Waals surface area contributed by atoms with E-state index in [1.165, 1.54) is 11.8 Å². The minimum absolute atomic E-state index is 0.0868. The van der Waals surface area contributed by atoms with Crippen LogP contribution in [0, 0.1) is 6.92 Å². The van der Waals surface area contributed by atoms with E-state index in [4.69, 9.17) is 4.42 Å². The van der Waals surface area contributed by atoms with Crippen LogP contribution in [0.25, 0.3) is 6.08 Å². The van der Waals surface area contributed by atoms with Gasteiger partial charge in [-0.05, 0) is 18.6 Å². The second-order valence-corrected chi connectivity index (χ2v) is 6.89. The van der Waals surface area contributed by atoms with Gasteiger partial charge in [0.2, 0.25) is 5.91 Å². The van der Waals surface area contributed by atoms with E-state index in [1.54, 1.807) is 13.0 Å². The van der Waals surface area contributed by atoms with E-state index in [0.717, 1.165) is 32.7 Å². The molecule has 0 bridgehead atoms. The summed E-state index contributed by atoms with van der Waals surface area (Å²) in [5.74, 6) is 0.471. The number of nitrogens with one attached hydrogen (secondary N) is 1. The number of nitrogens with zero attached hydrogens (tertiary/aromatic N) is 2. The van der Waals surface area contributed by atoms with E-state index >= 15 is 0 Å². The molecular formula is C22H27N3O3. The Morgan fingerprint density at radius 2 is 1.86 bits per heavy atom. The molecule has 0 spiro atoms. The summed E-state index contributed by atoms with van der Waals surface area (Å²) in [7, 11) is 0. The highest BCUT2D eigenvalue weighted by Crippen LogP contribution is 2.09. The van der Waals surface area contributed by atoms with Gasteiger partial charge in [-0.25, -0.2) is 0 Å². The van der Waals surface area contributed by atoms with Crippen molar-refractivity contribution < 1.29 is 14.0 Å². The summed E-state index contributed by atoms with van der Waals surface area (Å²) in [6.07, 6.45) is 6.10. The molecule has 2 aromatic rings. The van der Waals surface area contributed by atoms with Crippen LogP contribution in [0.3, 0.4) is 0 Å². The fourth-order valence-electron chi connectivity index (χ4n) is 3.24. The molecule has 2 heterocycles. The fourth-order valence-corrected chi connectivity index (χ4v) is 3.24. The molecule has 1 aliphatic heterocycles. The highest BCUT2D eigenvalue weighted by atomic mass is 16.3. The molecule has 2 amide bonds. The number of benzene rings is 1. The molecule has 1 aromatic carbocycles. The van der Waals surface area contributed by atoms with Crippen LogP contribution in [0.5, 0.6) is 0 Å². The molecule has 148 valence electrons. The van der Waals surface area contributed by atoms with Crippen LogP contribution in [-0.4, -0.2) is 60.9 Å². The van der Waals surface area contributed by atoms with Gasteiger partial charge in [-0.1, -0.05) is 42.5 Å². The largest absolute Gasteiger partial charge is 0.469 e. The topological polar surface area (TPSA) is 65.8 Å². The average Bonchev–Trinajstić information content (AvgIpc) is 3.15. The SMILES string of the molecule is Cc1occc1C(=O)NCCC(=O)N1CCN(CC=Cc2ccccc2)CC1. The van der Waals surface area contributed by atoms with Crippen LogP contribution in [0.1, 0.15) is 28.1 Å². The summed E-state index contributed by atoms with van der Waals surface area (Å²) in [4.78, 5) is 28.6. The minimum atomic E-state index is -0.200. The van der Waals surface area contributed by atoms with Gasteiger partial charge in [0.25, 0.3) is 5.91 Å². The lowest BCUT2D eigenvalue weighted by atomic mass is 10.2. The highest BCUT2D eigenvalue weighted by molar-refractivity contribution is 5.95. The van der Waals surface area contributed by atoms with E-state index in [2.05, 4.69) is 34.5 Å². The summed E-state index contributed by atoms with van der Waals surface area (Å²) >= 11 is 0. The number of hydrogen-bond acceptors (Lipinski definition) is 4. The van der Waals surface area contributed by atoms with Crippen molar-refractivity contribution in [2.24, 2.45) is 0 Å². The first-order valence-electron chi connectivity index (χ1n) is 9.67. The van der Waals surface area contributed by atoms with Gasteiger partial charge >= 0.3 is 0 Å². The van der Waals surface area contributed by atoms with Crippen molar-refractivity contribution in [1.82, 2.24) is 15.1 Å². The van der Waals surface area contributed by atoms with Crippen molar-refractivity contribution in [2.75, 3.05) is 39.3 Å². The predicted molar refractivity (Wildman–Crippen MR) is 109 cm³/mol. The summed E-state index contributed by atoms with van der Waals surface area (Å²) in [5.41, 5.74) is 1.72. The zero-order valence-electron chi connectivity index (χ0n) is 16.3. The number of rotatable bonds is 7. The monoisotopic (exact) mass is 381 g/mol. The van der Waals surface area contributed by atoms with E-state index < -0.39 is 0 Å². The lowest BCUT2D eigenvalue weighted by molar-refractivity contribution is -0.132. The molecule has 1 N–H and O–H groups in total. The first kappa shape index (κ1) is 19.9. The Morgan fingerprint density at radius 1 is 1.11 bits per heavy atom. The minimum Gasteiger partial charge on any atom is -0.469 e. The van der Waals surface area contributed by atoms with Gasteiger partial charge in [0.15, 0.2) is 0 Å². The molecule has 1 aliphatic rings. The molecule has 0 atom stereocenters. The van der Waals surface area contributed by atoms with E-state index in [9.17, 15) is 9.59 Å². The molecule has 6 heteroatoms. The van der Waals surface area contributed by atoms with Gasteiger partial charge in [-0.3, -0.25) is 14.5 Å². The summed E-state index contributed by atoms with van der Waals surface area (Å²) in [6.45, 7) is 6.16. The Hall–Kier alpha value is -2.86. The third-order valence-corrected chi connectivity index (χ3v) is 4.93. The highest BCUT2D eigenvalue weighted by Gasteiger charge is 2.20. The summed E-state index contributed by atoms with van der Waals surface area (Å²) < 4.78 is 5.13. The lowest BCUT2D eigenvalue weighted by Crippen LogP contribution is -2.49. The molecule has 1 aromatic heterocycles. The molecule has 1 fully saturated rings. The molecule has 0 aliphatic carbocycles. The lowest BCUT2D eigenvalue weighted by Gasteiger charge is -2.34. The quantitative estimate of drug-likeness (QED) is 0.801. The Bertz CT molecular complexity index is 805. The standard InChI is InChI=1S/C22H27N3O3/c1-18-20(10-17-28-18)22(27)23-11-9-21(26)25-15-13-24(14-16-25)12-5-8-19-6-3-2-4-7-19/h2-8,10,17H,9,11-16H2,1H3,(H,23,27). The Morgan fingerprint density at radius 3 is 2.54 bits per heavy atom. The number of furan rings is 1. The molecule has 0 unspecified atom stereocenters. The van der Waals surface area contributed by atoms with Crippen molar-refractivity contribution in [3.63, 3.8) is 0 Å². The van der Waals surface area contributed by atoms with Crippen LogP contribution in [0.4, 0.5) is 0 Å². The molecule has 1 saturated heterocycles. The first-order valence-corrected chi connectivity index (χ1v) is 9.67. The van der Waals surface area contributed by atoms with E-state index in [1.807, 2.05) is 23.1 Å². The van der Waals surface area contributed by atoms with Gasteiger partial charge in [0.05, 0.1) is 11.8 Å². The maximum absolute atomic E-state index is 12.4. The van der Waals surface area contributed by atoms with Crippen LogP contribution >= 0.6 is 0 Å². The first-order chi connectivity index (χ1) is 13.6. The zero-order chi connectivity index (χ0) is 19.8. The van der Waals surface area contributed by atoms with Crippen molar-refractivity contribution in [1.29, 1.82) is 0 Å². The summed E-state index contributed by atoms with van der Waals surface area (Å²) in [5, 5.41) is 2.78. The maximum atomic E-state index is 12.4. The second-order valence-electron chi connectivity index (χ2n) is 6.89. The van der Waals surface area contributed by atoms with Crippen LogP contribution in [-0.2, 0) is 4.79 Å². The Balaban J connectivity index is 1.34. The van der Waals surface area contributed by atoms with Gasteiger partial charge in [-0.15, -0.1) is 0 Å². The third kappa shape index (κ3) is 5.57. The molecule has 6 nitrogen and oxygen atoms in total. The van der Waals surface area contributed by atoms with Crippen molar-refractivity contribution in [2.45, 2.75) is 13.3 Å². The number of hydrogen-bond donors (Lipinski definition) is 1. The molecule has 28 heavy (non-hydrogen) atoms. The number of aryl methyl sites for hydroxylation is 1. The summed E-state index contributed by atoms with van der Waals surface area (Å²) in [6, 6.07) is 11.9. The molecular weight excluding hydrogens is 354 g/mol. The van der Waals surface area contributed by atoms with Crippen molar-refractivity contribution in [3.8, 4) is 0 Å². The average molecular weight is 381 g/mol. The second kappa shape index (κ2) is 9.90. The van der Waals surface area contributed by atoms with Gasteiger partial charge in [0.1, 0.15) is 5.76 Å². The van der Waals surface area contributed by atoms with Crippen LogP contribution in [0.2, 0.25) is 0 Å². The van der Waals surface area contributed by atoms with Gasteiger partial charge < -0.3 is 14.6 Å². The maximum Gasteiger partial charge on any atom is 0.254 e. The van der Waals surface area contributed by atoms with Gasteiger partial charge in [0, 0.05) is 45.7 Å². The Labute approximate surface area is 165 Å². The fraction of sp³-hybridized carbons (Fsp3) is 0.364. The smallest absolute Gasteiger partial charge is 0.254 e. The number of carbonyl (C=O) groups is 2. The number of carbonyl (C=O) groups excluding carboxylic acids is 2. The van der Waals surface area contributed by atoms with Crippen LogP contribution in [0.15, 0.2) is 53.2 Å². The normalized spacial score (nSPS) is 15.1. The Kier molecular flexibility index (Phi) is 7.03. The molecule has 3 rings (SSSR count). The number of amides is 2. The van der Waals surface area contributed by atoms with E-state index in [0.29, 0.717) is 24.3 Å². The predicted octanol–water partition coefficient (Wildman–Crippen LogP) is 2.57. The zero-order valence-corrected chi connectivity index (χ0v) is 16.3. The van der Waals surface area contributed by atoms with Crippen LogP contribution < -0.4 is 5.32 Å². The number of piperazine rings is 1. The molecule has 0 radical (unpaired) electrons.